The summed E-state index contributed by atoms with van der Waals surface area (Å²) < 4.78 is 0. The lowest BCUT2D eigenvalue weighted by atomic mass is 9.76. The van der Waals surface area contributed by atoms with Gasteiger partial charge in [-0.3, -0.25) is 4.79 Å². The van der Waals surface area contributed by atoms with Crippen molar-refractivity contribution in [2.24, 2.45) is 0 Å². The normalized spacial score (nSPS) is 16.0. The van der Waals surface area contributed by atoms with E-state index in [4.69, 9.17) is 11.6 Å². The van der Waals surface area contributed by atoms with E-state index in [1.165, 1.54) is 11.0 Å². The molecule has 1 heterocycles. The minimum atomic E-state index is -0.633. The lowest BCUT2D eigenvalue weighted by Gasteiger charge is -2.42. The topological polar surface area (TPSA) is 57.0 Å². The zero-order chi connectivity index (χ0) is 16.4. The van der Waals surface area contributed by atoms with Crippen LogP contribution in [0, 0.1) is 11.3 Å². The van der Waals surface area contributed by atoms with Crippen LogP contribution in [0.5, 0.6) is 0 Å². The highest BCUT2D eigenvalue weighted by atomic mass is 35.5. The minimum Gasteiger partial charge on any atom is -0.323 e. The van der Waals surface area contributed by atoms with Gasteiger partial charge in [-0.15, -0.1) is 0 Å². The molecule has 0 atom stereocenters. The Labute approximate surface area is 140 Å². The Morgan fingerprint density at radius 2 is 2.13 bits per heavy atom. The third-order valence-electron chi connectivity index (χ3n) is 4.43. The van der Waals surface area contributed by atoms with E-state index in [-0.39, 0.29) is 5.91 Å². The fourth-order valence-corrected chi connectivity index (χ4v) is 2.88. The van der Waals surface area contributed by atoms with Crippen LogP contribution in [-0.2, 0) is 4.79 Å². The summed E-state index contributed by atoms with van der Waals surface area (Å²) in [6, 6.07) is 11.6. The highest BCUT2D eigenvalue weighted by molar-refractivity contribution is 6.31. The second-order valence-electron chi connectivity index (χ2n) is 5.80. The van der Waals surface area contributed by atoms with E-state index in [1.54, 1.807) is 19.2 Å². The van der Waals surface area contributed by atoms with Crippen LogP contribution in [0.3, 0.4) is 0 Å². The average molecular weight is 326 g/mol. The van der Waals surface area contributed by atoms with Crippen LogP contribution in [0.2, 0.25) is 5.02 Å². The summed E-state index contributed by atoms with van der Waals surface area (Å²) in [5.41, 5.74) is 0.834. The molecular weight excluding hydrogens is 310 g/mol. The van der Waals surface area contributed by atoms with Crippen molar-refractivity contribution in [3.05, 3.63) is 47.1 Å². The monoisotopic (exact) mass is 325 g/mol. The molecule has 1 aliphatic rings. The van der Waals surface area contributed by atoms with Gasteiger partial charge in [0.05, 0.1) is 17.3 Å². The second kappa shape index (κ2) is 6.02. The summed E-state index contributed by atoms with van der Waals surface area (Å²) in [5, 5.41) is 10.9. The maximum absolute atomic E-state index is 12.3. The summed E-state index contributed by atoms with van der Waals surface area (Å²) in [6.07, 6.45) is 5.61. The molecule has 4 nitrogen and oxygen atoms in total. The Morgan fingerprint density at radius 1 is 1.39 bits per heavy atom. The first kappa shape index (κ1) is 15.5. The van der Waals surface area contributed by atoms with Crippen LogP contribution in [-0.4, -0.2) is 28.4 Å². The number of hydrogen-bond donors (Lipinski definition) is 0. The number of carbonyl (C=O) groups is 1. The molecule has 116 valence electrons. The lowest BCUT2D eigenvalue weighted by molar-refractivity contribution is -0.130. The largest absolute Gasteiger partial charge is 0.323 e. The van der Waals surface area contributed by atoms with Crippen LogP contribution in [0.15, 0.2) is 36.4 Å². The van der Waals surface area contributed by atoms with Gasteiger partial charge in [0.15, 0.2) is 0 Å². The van der Waals surface area contributed by atoms with Crippen molar-refractivity contribution in [2.45, 2.75) is 24.8 Å². The molecule has 1 fully saturated rings. The second-order valence-corrected chi connectivity index (χ2v) is 6.24. The Morgan fingerprint density at radius 3 is 2.78 bits per heavy atom. The summed E-state index contributed by atoms with van der Waals surface area (Å²) in [4.78, 5) is 18.3. The Kier molecular flexibility index (Phi) is 4.06. The van der Waals surface area contributed by atoms with Gasteiger partial charge in [-0.05, 0) is 43.5 Å². The third kappa shape index (κ3) is 2.93. The van der Waals surface area contributed by atoms with E-state index < -0.39 is 5.54 Å². The highest BCUT2D eigenvalue weighted by Gasteiger charge is 2.42. The van der Waals surface area contributed by atoms with E-state index in [1.807, 2.05) is 24.3 Å². The van der Waals surface area contributed by atoms with Crippen molar-refractivity contribution in [1.29, 1.82) is 5.26 Å². The molecular formula is C18H16ClN3O. The zero-order valence-corrected chi connectivity index (χ0v) is 13.5. The van der Waals surface area contributed by atoms with Gasteiger partial charge in [0.25, 0.3) is 0 Å². The molecule has 0 aliphatic heterocycles. The molecule has 1 saturated carbocycles. The molecule has 0 spiro atoms. The molecule has 1 amide bonds. The predicted octanol–water partition coefficient (Wildman–Crippen LogP) is 3.81. The maximum Gasteiger partial charge on any atom is 0.247 e. The molecule has 0 saturated heterocycles. The van der Waals surface area contributed by atoms with Gasteiger partial charge < -0.3 is 4.90 Å². The third-order valence-corrected chi connectivity index (χ3v) is 4.67. The molecule has 2 aromatic rings. The van der Waals surface area contributed by atoms with Crippen molar-refractivity contribution in [1.82, 2.24) is 9.88 Å². The first-order chi connectivity index (χ1) is 11.0. The molecule has 1 aromatic carbocycles. The fourth-order valence-electron chi connectivity index (χ4n) is 2.71. The zero-order valence-electron chi connectivity index (χ0n) is 12.8. The average Bonchev–Trinajstić information content (AvgIpc) is 2.51. The molecule has 0 N–H and O–H groups in total. The number of pyridine rings is 1. The first-order valence-corrected chi connectivity index (χ1v) is 7.85. The number of halogens is 1. The lowest BCUT2D eigenvalue weighted by Crippen LogP contribution is -2.52. The number of amides is 1. The van der Waals surface area contributed by atoms with Crippen LogP contribution in [0.1, 0.15) is 25.0 Å². The van der Waals surface area contributed by atoms with Crippen LogP contribution < -0.4 is 0 Å². The summed E-state index contributed by atoms with van der Waals surface area (Å²) >= 11 is 5.98. The number of hydrogen-bond acceptors (Lipinski definition) is 3. The number of benzene rings is 1. The number of nitrogens with zero attached hydrogens (tertiary/aromatic N) is 3. The van der Waals surface area contributed by atoms with Crippen LogP contribution >= 0.6 is 11.6 Å². The van der Waals surface area contributed by atoms with Gasteiger partial charge in [-0.1, -0.05) is 23.7 Å². The van der Waals surface area contributed by atoms with E-state index in [2.05, 4.69) is 11.1 Å². The van der Waals surface area contributed by atoms with Crippen molar-refractivity contribution < 1.29 is 4.79 Å². The van der Waals surface area contributed by atoms with Gasteiger partial charge in [0, 0.05) is 23.5 Å². The molecule has 5 heteroatoms. The van der Waals surface area contributed by atoms with Gasteiger partial charge in [0.2, 0.25) is 5.91 Å². The SMILES string of the molecule is CN(C(=O)/C=C/c1ccc2ccc(Cl)cc2n1)C1(C#N)CCC1. The van der Waals surface area contributed by atoms with Crippen molar-refractivity contribution >= 4 is 34.5 Å². The molecule has 3 rings (SSSR count). The van der Waals surface area contributed by atoms with E-state index in [9.17, 15) is 10.1 Å². The number of fused-ring (bicyclic) bond motifs is 1. The van der Waals surface area contributed by atoms with Crippen molar-refractivity contribution in [3.63, 3.8) is 0 Å². The predicted molar refractivity (Wildman–Crippen MR) is 90.8 cm³/mol. The number of carbonyl (C=O) groups excluding carboxylic acids is 1. The number of nitriles is 1. The van der Waals surface area contributed by atoms with Gasteiger partial charge in [-0.2, -0.15) is 5.26 Å². The number of likely N-dealkylation sites (N-methyl/N-ethyl adjacent to an activating group) is 1. The number of aromatic nitrogens is 1. The van der Waals surface area contributed by atoms with Gasteiger partial charge in [-0.25, -0.2) is 4.98 Å². The number of rotatable bonds is 3. The van der Waals surface area contributed by atoms with Gasteiger partial charge >= 0.3 is 0 Å². The van der Waals surface area contributed by atoms with E-state index >= 15 is 0 Å². The standard InChI is InChI=1S/C18H16ClN3O/c1-22(18(12-20)9-2-10-18)17(23)8-7-15-6-4-13-3-5-14(19)11-16(13)21-15/h3-8,11H,2,9-10H2,1H3/b8-7+. The van der Waals surface area contributed by atoms with Crippen LogP contribution in [0.25, 0.3) is 17.0 Å². The van der Waals surface area contributed by atoms with Crippen LogP contribution in [0.4, 0.5) is 0 Å². The summed E-state index contributed by atoms with van der Waals surface area (Å²) in [5.74, 6) is -0.181. The highest BCUT2D eigenvalue weighted by Crippen LogP contribution is 2.36. The Balaban J connectivity index is 1.79. The molecule has 0 unspecified atom stereocenters. The fraction of sp³-hybridized carbons (Fsp3) is 0.278. The van der Waals surface area contributed by atoms with Crippen molar-refractivity contribution in [2.75, 3.05) is 7.05 Å². The molecule has 0 radical (unpaired) electrons. The summed E-state index contributed by atoms with van der Waals surface area (Å²) in [6.45, 7) is 0. The van der Waals surface area contributed by atoms with Gasteiger partial charge in [0.1, 0.15) is 5.54 Å². The first-order valence-electron chi connectivity index (χ1n) is 7.47. The molecule has 0 bridgehead atoms. The molecule has 1 aromatic heterocycles. The minimum absolute atomic E-state index is 0.181. The van der Waals surface area contributed by atoms with E-state index in [0.29, 0.717) is 10.7 Å². The Hall–Kier alpha value is -2.38. The summed E-state index contributed by atoms with van der Waals surface area (Å²) in [7, 11) is 1.68. The smallest absolute Gasteiger partial charge is 0.247 e. The molecule has 1 aliphatic carbocycles. The quantitative estimate of drug-likeness (QED) is 0.806. The molecule has 23 heavy (non-hydrogen) atoms. The van der Waals surface area contributed by atoms with E-state index in [0.717, 1.165) is 30.2 Å². The maximum atomic E-state index is 12.3. The Bertz CT molecular complexity index is 834. The van der Waals surface area contributed by atoms with Crippen molar-refractivity contribution in [3.8, 4) is 6.07 Å².